The quantitative estimate of drug-likeness (QED) is 0.198. The minimum atomic E-state index is 0.0738. The standard InChI is InChI=1S/C35H37Cl2N7O4/c1-20(45)44-18-22(19-44)38-17-30-35(48-3)43-29(16-40-30)26-11-6-9-24(33(26)37)23-8-5-10-25(32(23)36)28-15-39-27(34(42-28)47-2)12-4-7-21-13-14-31(46)41-21/h5-6,8-11,15-16,21-22,38H,4,7,12-14,17-19H2,1-3H3,(H,41,46)/t21-/m1/s1. The van der Waals surface area contributed by atoms with E-state index in [0.29, 0.717) is 82.5 Å². The second kappa shape index (κ2) is 14.8. The van der Waals surface area contributed by atoms with Gasteiger partial charge in [0.15, 0.2) is 0 Å². The molecule has 2 fully saturated rings. The van der Waals surface area contributed by atoms with Gasteiger partial charge in [0, 0.05) is 67.3 Å². The number of likely N-dealkylation sites (tertiary alicyclic amines) is 1. The summed E-state index contributed by atoms with van der Waals surface area (Å²) < 4.78 is 11.2. The van der Waals surface area contributed by atoms with Crippen LogP contribution in [0.4, 0.5) is 0 Å². The molecule has 2 N–H and O–H groups in total. The van der Waals surface area contributed by atoms with Crippen LogP contribution in [-0.4, -0.2) is 76.0 Å². The van der Waals surface area contributed by atoms with Crippen LogP contribution in [0, 0.1) is 0 Å². The Morgan fingerprint density at radius 3 is 2.02 bits per heavy atom. The first-order chi connectivity index (χ1) is 23.2. The van der Waals surface area contributed by atoms with E-state index in [1.165, 1.54) is 0 Å². The summed E-state index contributed by atoms with van der Waals surface area (Å²) in [5.41, 5.74) is 5.38. The second-order valence-corrected chi connectivity index (χ2v) is 12.7. The zero-order chi connectivity index (χ0) is 33.8. The highest BCUT2D eigenvalue weighted by Crippen LogP contribution is 2.42. The van der Waals surface area contributed by atoms with Crippen molar-refractivity contribution in [1.29, 1.82) is 0 Å². The lowest BCUT2D eigenvalue weighted by Gasteiger charge is -2.39. The third kappa shape index (κ3) is 7.23. The van der Waals surface area contributed by atoms with E-state index in [9.17, 15) is 9.59 Å². The van der Waals surface area contributed by atoms with Crippen molar-refractivity contribution in [2.24, 2.45) is 0 Å². The maximum absolute atomic E-state index is 11.5. The van der Waals surface area contributed by atoms with Crippen molar-refractivity contribution in [1.82, 2.24) is 35.5 Å². The number of halogens is 2. The van der Waals surface area contributed by atoms with E-state index in [4.69, 9.17) is 42.6 Å². The van der Waals surface area contributed by atoms with Gasteiger partial charge < -0.3 is 25.0 Å². The van der Waals surface area contributed by atoms with Crippen molar-refractivity contribution in [3.8, 4) is 45.4 Å². The predicted molar refractivity (Wildman–Crippen MR) is 184 cm³/mol. The fourth-order valence-electron chi connectivity index (χ4n) is 6.06. The summed E-state index contributed by atoms with van der Waals surface area (Å²) in [5.74, 6) is 1.03. The van der Waals surface area contributed by atoms with Crippen LogP contribution in [0.3, 0.4) is 0 Å². The minimum Gasteiger partial charge on any atom is -0.480 e. The molecule has 13 heteroatoms. The highest BCUT2D eigenvalue weighted by atomic mass is 35.5. The Balaban J connectivity index is 1.20. The molecule has 0 unspecified atom stereocenters. The van der Waals surface area contributed by atoms with E-state index >= 15 is 0 Å². The number of methoxy groups -OCH3 is 2. The maximum Gasteiger partial charge on any atom is 0.237 e. The van der Waals surface area contributed by atoms with E-state index in [1.807, 2.05) is 36.4 Å². The molecule has 11 nitrogen and oxygen atoms in total. The molecule has 0 spiro atoms. The number of amides is 2. The molecule has 2 saturated heterocycles. The van der Waals surface area contributed by atoms with Gasteiger partial charge in [-0.05, 0) is 25.7 Å². The van der Waals surface area contributed by atoms with Gasteiger partial charge in [-0.2, -0.15) is 0 Å². The van der Waals surface area contributed by atoms with E-state index in [-0.39, 0.29) is 23.9 Å². The zero-order valence-electron chi connectivity index (χ0n) is 27.1. The van der Waals surface area contributed by atoms with Crippen molar-refractivity contribution < 1.29 is 19.1 Å². The summed E-state index contributed by atoms with van der Waals surface area (Å²) in [6, 6.07) is 11.8. The molecule has 0 saturated carbocycles. The molecule has 2 aromatic heterocycles. The lowest BCUT2D eigenvalue weighted by atomic mass is 9.98. The Labute approximate surface area is 289 Å². The number of benzene rings is 2. The van der Waals surface area contributed by atoms with Gasteiger partial charge in [0.2, 0.25) is 23.6 Å². The first-order valence-electron chi connectivity index (χ1n) is 15.9. The van der Waals surface area contributed by atoms with Crippen molar-refractivity contribution in [3.63, 3.8) is 0 Å². The summed E-state index contributed by atoms with van der Waals surface area (Å²) in [6.45, 7) is 3.37. The SMILES string of the molecule is COc1nc(-c2cccc(-c3cccc(-c4cnc(CNC5CN(C(C)=O)C5)c(OC)n4)c3Cl)c2Cl)cnc1CCC[C@@H]1CCC(=O)N1. The summed E-state index contributed by atoms with van der Waals surface area (Å²) >= 11 is 14.1. The number of carbonyl (C=O) groups excluding carboxylic acids is 2. The zero-order valence-corrected chi connectivity index (χ0v) is 28.6. The first-order valence-corrected chi connectivity index (χ1v) is 16.7. The lowest BCUT2D eigenvalue weighted by molar-refractivity contribution is -0.133. The van der Waals surface area contributed by atoms with Crippen molar-refractivity contribution in [2.45, 2.75) is 57.7 Å². The first kappa shape index (κ1) is 33.6. The van der Waals surface area contributed by atoms with Gasteiger partial charge in [0.25, 0.3) is 0 Å². The number of carbonyl (C=O) groups is 2. The number of aromatic nitrogens is 4. The van der Waals surface area contributed by atoms with Crippen LogP contribution in [0.5, 0.6) is 11.8 Å². The van der Waals surface area contributed by atoms with Crippen molar-refractivity contribution in [2.75, 3.05) is 27.3 Å². The average Bonchev–Trinajstić information content (AvgIpc) is 3.49. The van der Waals surface area contributed by atoms with Crippen molar-refractivity contribution in [3.05, 3.63) is 70.2 Å². The average molecular weight is 691 g/mol. The van der Waals surface area contributed by atoms with Gasteiger partial charge >= 0.3 is 0 Å². The monoisotopic (exact) mass is 689 g/mol. The minimum absolute atomic E-state index is 0.0738. The fraction of sp³-hybridized carbons (Fsp3) is 0.371. The molecule has 48 heavy (non-hydrogen) atoms. The molecule has 0 radical (unpaired) electrons. The molecule has 2 amide bonds. The van der Waals surface area contributed by atoms with Gasteiger partial charge in [-0.15, -0.1) is 0 Å². The molecule has 4 aromatic rings. The van der Waals surface area contributed by atoms with Gasteiger partial charge in [-0.1, -0.05) is 59.6 Å². The Morgan fingerprint density at radius 1 is 0.917 bits per heavy atom. The molecule has 0 aliphatic carbocycles. The third-order valence-electron chi connectivity index (χ3n) is 8.79. The lowest BCUT2D eigenvalue weighted by Crippen LogP contribution is -2.59. The molecule has 1 atom stereocenters. The van der Waals surface area contributed by atoms with Crippen LogP contribution in [0.15, 0.2) is 48.8 Å². The molecular formula is C35H37Cl2N7O4. The number of nitrogens with one attached hydrogen (secondary N) is 2. The predicted octanol–water partition coefficient (Wildman–Crippen LogP) is 5.51. The Kier molecular flexibility index (Phi) is 10.4. The summed E-state index contributed by atoms with van der Waals surface area (Å²) in [6.07, 6.45) is 7.28. The highest BCUT2D eigenvalue weighted by molar-refractivity contribution is 6.39. The van der Waals surface area contributed by atoms with Crippen LogP contribution in [0.2, 0.25) is 10.0 Å². The summed E-state index contributed by atoms with van der Waals surface area (Å²) in [4.78, 5) is 43.6. The molecule has 4 heterocycles. The summed E-state index contributed by atoms with van der Waals surface area (Å²) in [5, 5.41) is 7.36. The maximum atomic E-state index is 11.5. The Hall–Kier alpha value is -4.32. The number of ether oxygens (including phenoxy) is 2. The van der Waals surface area contributed by atoms with Gasteiger partial charge in [0.1, 0.15) is 11.4 Å². The van der Waals surface area contributed by atoms with E-state index in [1.54, 1.807) is 38.4 Å². The third-order valence-corrected chi connectivity index (χ3v) is 9.60. The van der Waals surface area contributed by atoms with E-state index in [0.717, 1.165) is 36.1 Å². The van der Waals surface area contributed by atoms with Crippen molar-refractivity contribution >= 4 is 35.0 Å². The molecular weight excluding hydrogens is 653 g/mol. The highest BCUT2D eigenvalue weighted by Gasteiger charge is 2.28. The number of hydrogen-bond acceptors (Lipinski definition) is 9. The number of nitrogens with zero attached hydrogens (tertiary/aromatic N) is 5. The fourth-order valence-corrected chi connectivity index (χ4v) is 6.71. The Bertz CT molecular complexity index is 1830. The molecule has 2 aliphatic heterocycles. The number of aryl methyl sites for hydroxylation is 1. The van der Waals surface area contributed by atoms with E-state index in [2.05, 4.69) is 20.6 Å². The number of rotatable bonds is 12. The molecule has 0 bridgehead atoms. The number of hydrogen-bond donors (Lipinski definition) is 2. The Morgan fingerprint density at radius 2 is 1.48 bits per heavy atom. The smallest absolute Gasteiger partial charge is 0.237 e. The molecule has 2 aromatic carbocycles. The normalized spacial score (nSPS) is 16.1. The van der Waals surface area contributed by atoms with Gasteiger partial charge in [-0.25, -0.2) is 9.97 Å². The molecule has 6 rings (SSSR count). The molecule has 250 valence electrons. The second-order valence-electron chi connectivity index (χ2n) is 12.0. The van der Waals surface area contributed by atoms with Gasteiger partial charge in [-0.3, -0.25) is 19.6 Å². The van der Waals surface area contributed by atoms with E-state index < -0.39 is 0 Å². The van der Waals surface area contributed by atoms with Crippen LogP contribution >= 0.6 is 23.2 Å². The van der Waals surface area contributed by atoms with Crippen LogP contribution in [-0.2, 0) is 22.6 Å². The summed E-state index contributed by atoms with van der Waals surface area (Å²) in [7, 11) is 3.14. The van der Waals surface area contributed by atoms with Gasteiger partial charge in [0.05, 0.1) is 48.0 Å². The topological polar surface area (TPSA) is 131 Å². The van der Waals surface area contributed by atoms with Crippen LogP contribution in [0.25, 0.3) is 33.6 Å². The van der Waals surface area contributed by atoms with Crippen LogP contribution in [0.1, 0.15) is 44.0 Å². The largest absolute Gasteiger partial charge is 0.480 e. The van der Waals surface area contributed by atoms with Crippen LogP contribution < -0.4 is 20.1 Å². The molecule has 2 aliphatic rings.